The highest BCUT2D eigenvalue weighted by Crippen LogP contribution is 2.14. The van der Waals surface area contributed by atoms with Gasteiger partial charge < -0.3 is 10.1 Å². The van der Waals surface area contributed by atoms with Crippen LogP contribution in [0.5, 0.6) is 0 Å². The Labute approximate surface area is 154 Å². The first kappa shape index (κ1) is 20.8. The van der Waals surface area contributed by atoms with Gasteiger partial charge in [0.2, 0.25) is 15.9 Å². The quantitative estimate of drug-likeness (QED) is 0.631. The molecule has 1 aromatic rings. The summed E-state index contributed by atoms with van der Waals surface area (Å²) < 4.78 is 43.9. The molecule has 146 valence electrons. The van der Waals surface area contributed by atoms with Gasteiger partial charge in [-0.25, -0.2) is 12.8 Å². The molecule has 26 heavy (non-hydrogen) atoms. The van der Waals surface area contributed by atoms with Crippen molar-refractivity contribution in [2.75, 3.05) is 53.0 Å². The molecular formula is C17H26FN3O4S. The summed E-state index contributed by atoms with van der Waals surface area (Å²) in [6.45, 7) is 4.63. The van der Waals surface area contributed by atoms with E-state index in [4.69, 9.17) is 4.74 Å². The molecule has 1 saturated heterocycles. The third-order valence-corrected chi connectivity index (χ3v) is 6.03. The first-order valence-corrected chi connectivity index (χ1v) is 10.1. The van der Waals surface area contributed by atoms with Crippen LogP contribution in [0.4, 0.5) is 4.39 Å². The lowest BCUT2D eigenvalue weighted by Gasteiger charge is -2.26. The van der Waals surface area contributed by atoms with Crippen LogP contribution in [0.15, 0.2) is 29.2 Å². The number of rotatable bonds is 9. The Hall–Kier alpha value is -1.55. The molecule has 0 aromatic heterocycles. The van der Waals surface area contributed by atoms with Crippen molar-refractivity contribution >= 4 is 15.9 Å². The summed E-state index contributed by atoms with van der Waals surface area (Å²) in [6, 6.07) is 4.53. The Balaban J connectivity index is 1.68. The van der Waals surface area contributed by atoms with Gasteiger partial charge in [0.25, 0.3) is 0 Å². The Bertz CT molecular complexity index is 676. The van der Waals surface area contributed by atoms with E-state index >= 15 is 0 Å². The van der Waals surface area contributed by atoms with E-state index in [0.717, 1.165) is 62.1 Å². The second-order valence-electron chi connectivity index (χ2n) is 6.23. The van der Waals surface area contributed by atoms with Gasteiger partial charge in [-0.2, -0.15) is 4.31 Å². The van der Waals surface area contributed by atoms with E-state index in [1.165, 1.54) is 19.2 Å². The lowest BCUT2D eigenvalue weighted by Crippen LogP contribution is -2.39. The molecule has 0 spiro atoms. The Kier molecular flexibility index (Phi) is 7.95. The Morgan fingerprint density at radius 3 is 2.54 bits per heavy atom. The summed E-state index contributed by atoms with van der Waals surface area (Å²) in [4.78, 5) is 14.2. The number of likely N-dealkylation sites (N-methyl/N-ethyl adjacent to an activating group) is 1. The first-order chi connectivity index (χ1) is 12.4. The number of hydrogen-bond acceptors (Lipinski definition) is 5. The molecule has 9 heteroatoms. The van der Waals surface area contributed by atoms with Crippen molar-refractivity contribution in [3.63, 3.8) is 0 Å². The monoisotopic (exact) mass is 387 g/mol. The summed E-state index contributed by atoms with van der Waals surface area (Å²) in [5, 5.41) is 2.74. The number of nitrogens with zero attached hydrogens (tertiary/aromatic N) is 2. The number of benzene rings is 1. The van der Waals surface area contributed by atoms with E-state index in [-0.39, 0.29) is 17.3 Å². The number of ether oxygens (including phenoxy) is 1. The maximum atomic E-state index is 12.9. The van der Waals surface area contributed by atoms with Gasteiger partial charge in [-0.15, -0.1) is 0 Å². The second kappa shape index (κ2) is 9.96. The molecule has 0 aliphatic carbocycles. The van der Waals surface area contributed by atoms with Gasteiger partial charge in [0.1, 0.15) is 5.82 Å². The van der Waals surface area contributed by atoms with Crippen molar-refractivity contribution in [3.8, 4) is 0 Å². The molecule has 0 bridgehead atoms. The minimum atomic E-state index is -3.81. The molecule has 0 atom stereocenters. The SMILES string of the molecule is CN(CC(=O)NCCCCN1CCOCC1)S(=O)(=O)c1ccc(F)cc1. The van der Waals surface area contributed by atoms with E-state index in [1.54, 1.807) is 0 Å². The van der Waals surface area contributed by atoms with Crippen molar-refractivity contribution < 1.29 is 22.3 Å². The van der Waals surface area contributed by atoms with Crippen molar-refractivity contribution in [2.45, 2.75) is 17.7 Å². The number of carbonyl (C=O) groups excluding carboxylic acids is 1. The number of unbranched alkanes of at least 4 members (excludes halogenated alkanes) is 1. The second-order valence-corrected chi connectivity index (χ2v) is 8.27. The largest absolute Gasteiger partial charge is 0.379 e. The van der Waals surface area contributed by atoms with Gasteiger partial charge in [-0.05, 0) is 43.7 Å². The molecule has 1 aromatic carbocycles. The summed E-state index contributed by atoms with van der Waals surface area (Å²) >= 11 is 0. The minimum absolute atomic E-state index is 0.0419. The average Bonchev–Trinajstić information content (AvgIpc) is 2.62. The zero-order valence-electron chi connectivity index (χ0n) is 15.0. The molecule has 2 rings (SSSR count). The van der Waals surface area contributed by atoms with Crippen molar-refractivity contribution in [2.24, 2.45) is 0 Å². The summed E-state index contributed by atoms with van der Waals surface area (Å²) in [5.74, 6) is -0.869. The van der Waals surface area contributed by atoms with Gasteiger partial charge in [-0.1, -0.05) is 0 Å². The highest BCUT2D eigenvalue weighted by atomic mass is 32.2. The number of carbonyl (C=O) groups is 1. The third-order valence-electron chi connectivity index (χ3n) is 4.22. The van der Waals surface area contributed by atoms with E-state index in [0.29, 0.717) is 6.54 Å². The van der Waals surface area contributed by atoms with Gasteiger partial charge in [-0.3, -0.25) is 9.69 Å². The topological polar surface area (TPSA) is 79.0 Å². The van der Waals surface area contributed by atoms with Gasteiger partial charge in [0.15, 0.2) is 0 Å². The van der Waals surface area contributed by atoms with Gasteiger partial charge in [0.05, 0.1) is 24.7 Å². The predicted molar refractivity (Wildman–Crippen MR) is 95.7 cm³/mol. The molecule has 1 N–H and O–H groups in total. The van der Waals surface area contributed by atoms with Crippen LogP contribution in [-0.2, 0) is 19.6 Å². The van der Waals surface area contributed by atoms with E-state index < -0.39 is 15.8 Å². The van der Waals surface area contributed by atoms with E-state index in [9.17, 15) is 17.6 Å². The summed E-state index contributed by atoms with van der Waals surface area (Å²) in [7, 11) is -2.48. The standard InChI is InChI=1S/C17H26FN3O4S/c1-20(26(23,24)16-6-4-15(18)5-7-16)14-17(22)19-8-2-3-9-21-10-12-25-13-11-21/h4-7H,2-3,8-14H2,1H3,(H,19,22). The smallest absolute Gasteiger partial charge is 0.243 e. The van der Waals surface area contributed by atoms with Gasteiger partial charge in [0, 0.05) is 26.7 Å². The molecular weight excluding hydrogens is 361 g/mol. The van der Waals surface area contributed by atoms with Crippen molar-refractivity contribution in [3.05, 3.63) is 30.1 Å². The fourth-order valence-corrected chi connectivity index (χ4v) is 3.77. The lowest BCUT2D eigenvalue weighted by molar-refractivity contribution is -0.121. The van der Waals surface area contributed by atoms with Gasteiger partial charge >= 0.3 is 0 Å². The third kappa shape index (κ3) is 6.31. The lowest BCUT2D eigenvalue weighted by atomic mass is 10.2. The Morgan fingerprint density at radius 2 is 1.88 bits per heavy atom. The van der Waals surface area contributed by atoms with Crippen LogP contribution in [0.1, 0.15) is 12.8 Å². The van der Waals surface area contributed by atoms with Crippen LogP contribution < -0.4 is 5.32 Å². The highest BCUT2D eigenvalue weighted by Gasteiger charge is 2.22. The number of halogens is 1. The Morgan fingerprint density at radius 1 is 1.23 bits per heavy atom. The fraction of sp³-hybridized carbons (Fsp3) is 0.588. The molecule has 1 aliphatic heterocycles. The number of morpholine rings is 1. The number of nitrogens with one attached hydrogen (secondary N) is 1. The normalized spacial score (nSPS) is 16.0. The molecule has 0 unspecified atom stereocenters. The molecule has 0 saturated carbocycles. The van der Waals surface area contributed by atoms with Crippen LogP contribution >= 0.6 is 0 Å². The maximum Gasteiger partial charge on any atom is 0.243 e. The molecule has 1 heterocycles. The number of sulfonamides is 1. The van der Waals surface area contributed by atoms with Crippen LogP contribution in [0.3, 0.4) is 0 Å². The summed E-state index contributed by atoms with van der Waals surface area (Å²) in [6.07, 6.45) is 1.79. The number of amides is 1. The van der Waals surface area contributed by atoms with Crippen LogP contribution in [0.25, 0.3) is 0 Å². The molecule has 1 fully saturated rings. The average molecular weight is 387 g/mol. The highest BCUT2D eigenvalue weighted by molar-refractivity contribution is 7.89. The molecule has 7 nitrogen and oxygen atoms in total. The van der Waals surface area contributed by atoms with Crippen LogP contribution in [0.2, 0.25) is 0 Å². The predicted octanol–water partition coefficient (Wildman–Crippen LogP) is 0.675. The summed E-state index contributed by atoms with van der Waals surface area (Å²) in [5.41, 5.74) is 0. The maximum absolute atomic E-state index is 12.9. The molecule has 1 aliphatic rings. The van der Waals surface area contributed by atoms with Crippen LogP contribution in [-0.4, -0.2) is 76.5 Å². The van der Waals surface area contributed by atoms with E-state index in [2.05, 4.69) is 10.2 Å². The minimum Gasteiger partial charge on any atom is -0.379 e. The molecule has 1 amide bonds. The van der Waals surface area contributed by atoms with Crippen LogP contribution in [0, 0.1) is 5.82 Å². The zero-order valence-corrected chi connectivity index (χ0v) is 15.8. The molecule has 0 radical (unpaired) electrons. The fourth-order valence-electron chi connectivity index (χ4n) is 2.64. The van der Waals surface area contributed by atoms with Crippen molar-refractivity contribution in [1.82, 2.24) is 14.5 Å². The first-order valence-electron chi connectivity index (χ1n) is 8.68. The zero-order chi connectivity index (χ0) is 19.0. The van der Waals surface area contributed by atoms with Crippen molar-refractivity contribution in [1.29, 1.82) is 0 Å². The number of hydrogen-bond donors (Lipinski definition) is 1. The van der Waals surface area contributed by atoms with E-state index in [1.807, 2.05) is 0 Å².